The lowest BCUT2D eigenvalue weighted by atomic mass is 9.92. The van der Waals surface area contributed by atoms with Gasteiger partial charge in [-0.3, -0.25) is 24.3 Å². The molecule has 0 saturated carbocycles. The van der Waals surface area contributed by atoms with Crippen LogP contribution in [-0.4, -0.2) is 122 Å². The van der Waals surface area contributed by atoms with Crippen LogP contribution in [0.15, 0.2) is 30.3 Å². The number of nitrogens with zero attached hydrogens (tertiary/aromatic N) is 4. The van der Waals surface area contributed by atoms with Crippen molar-refractivity contribution in [3.8, 4) is 0 Å². The summed E-state index contributed by atoms with van der Waals surface area (Å²) in [6, 6.07) is 10.0. The van der Waals surface area contributed by atoms with E-state index in [2.05, 4.69) is 40.1 Å². The van der Waals surface area contributed by atoms with Crippen molar-refractivity contribution < 1.29 is 28.6 Å². The number of cyclic esters (lactones) is 1. The van der Waals surface area contributed by atoms with Crippen molar-refractivity contribution in [2.45, 2.75) is 64.6 Å². The molecule has 4 rings (SSSR count). The molecule has 3 heterocycles. The fourth-order valence-electron chi connectivity index (χ4n) is 6.22. The molecular weight excluding hydrogens is 524 g/mol. The summed E-state index contributed by atoms with van der Waals surface area (Å²) < 4.78 is 16.0. The normalized spacial score (nSPS) is 22.0. The molecule has 3 aliphatic rings. The molecule has 3 saturated heterocycles. The zero-order valence-electron chi connectivity index (χ0n) is 24.9. The van der Waals surface area contributed by atoms with Crippen LogP contribution in [0.5, 0.6) is 0 Å². The molecule has 1 amide bonds. The van der Waals surface area contributed by atoms with E-state index in [4.69, 9.17) is 14.2 Å². The van der Waals surface area contributed by atoms with Crippen molar-refractivity contribution in [2.24, 2.45) is 5.92 Å². The third-order valence-corrected chi connectivity index (χ3v) is 8.48. The van der Waals surface area contributed by atoms with Crippen LogP contribution in [-0.2, 0) is 30.3 Å². The zero-order valence-corrected chi connectivity index (χ0v) is 24.9. The molecule has 0 radical (unpaired) electrons. The molecule has 0 aliphatic carbocycles. The third kappa shape index (κ3) is 9.68. The van der Waals surface area contributed by atoms with Gasteiger partial charge in [-0.2, -0.15) is 0 Å². The van der Waals surface area contributed by atoms with Gasteiger partial charge in [0.25, 0.3) is 0 Å². The molecule has 10 nitrogen and oxygen atoms in total. The quantitative estimate of drug-likeness (QED) is 0.246. The van der Waals surface area contributed by atoms with Crippen LogP contribution in [0.2, 0.25) is 0 Å². The summed E-state index contributed by atoms with van der Waals surface area (Å²) in [6.07, 6.45) is 4.27. The van der Waals surface area contributed by atoms with E-state index >= 15 is 0 Å². The number of carbonyl (C=O) groups is 3. The molecule has 1 aromatic carbocycles. The number of rotatable bonds is 14. The van der Waals surface area contributed by atoms with E-state index in [0.717, 1.165) is 58.0 Å². The SMILES string of the molecule is CCOC(=O)CC(C(=O)OCC)N1CCN(CC2CN(CCCC3CCN(Cc4ccccc4)CC3)C(=O)O2)CC1. The van der Waals surface area contributed by atoms with Gasteiger partial charge in [-0.05, 0) is 64.1 Å². The molecule has 0 bridgehead atoms. The fourth-order valence-corrected chi connectivity index (χ4v) is 6.22. The standard InChI is InChI=1S/C31H48N4O6/c1-3-39-29(36)21-28(30(37)40-4-2)34-19-17-33(18-20-34)23-27-24-35(31(38)41-27)14-8-11-25-12-15-32(16-13-25)22-26-9-6-5-7-10-26/h5-7,9-10,25,27-28H,3-4,8,11-24H2,1-2H3. The Labute approximate surface area is 244 Å². The summed E-state index contributed by atoms with van der Waals surface area (Å²) in [7, 11) is 0. The summed E-state index contributed by atoms with van der Waals surface area (Å²) >= 11 is 0. The molecule has 3 fully saturated rings. The van der Waals surface area contributed by atoms with Crippen LogP contribution in [0, 0.1) is 5.92 Å². The number of amides is 1. The first-order valence-electron chi connectivity index (χ1n) is 15.5. The van der Waals surface area contributed by atoms with Gasteiger partial charge in [0, 0.05) is 45.8 Å². The lowest BCUT2D eigenvalue weighted by molar-refractivity contribution is -0.157. The summed E-state index contributed by atoms with van der Waals surface area (Å²) in [5.41, 5.74) is 1.38. The predicted octanol–water partition coefficient (Wildman–Crippen LogP) is 3.00. The Bertz CT molecular complexity index is 963. The van der Waals surface area contributed by atoms with E-state index in [1.165, 1.54) is 18.4 Å². The van der Waals surface area contributed by atoms with Crippen LogP contribution >= 0.6 is 0 Å². The second kappa shape index (κ2) is 16.1. The van der Waals surface area contributed by atoms with Crippen molar-refractivity contribution >= 4 is 18.0 Å². The number of ether oxygens (including phenoxy) is 3. The summed E-state index contributed by atoms with van der Waals surface area (Å²) in [5.74, 6) is -0.0402. The molecule has 0 spiro atoms. The highest BCUT2D eigenvalue weighted by atomic mass is 16.6. The minimum Gasteiger partial charge on any atom is -0.466 e. The number of piperidine rings is 1. The number of esters is 2. The average Bonchev–Trinajstić information content (AvgIpc) is 3.32. The van der Waals surface area contributed by atoms with Crippen molar-refractivity contribution in [3.63, 3.8) is 0 Å². The first kappa shape index (κ1) is 31.3. The molecule has 0 N–H and O–H groups in total. The van der Waals surface area contributed by atoms with Crippen molar-refractivity contribution in [2.75, 3.05) is 72.1 Å². The minimum atomic E-state index is -0.632. The smallest absolute Gasteiger partial charge is 0.410 e. The molecule has 2 unspecified atom stereocenters. The average molecular weight is 573 g/mol. The largest absolute Gasteiger partial charge is 0.466 e. The zero-order chi connectivity index (χ0) is 29.0. The van der Waals surface area contributed by atoms with Crippen molar-refractivity contribution in [3.05, 3.63) is 35.9 Å². The van der Waals surface area contributed by atoms with E-state index < -0.39 is 6.04 Å². The molecule has 1 aromatic rings. The lowest BCUT2D eigenvalue weighted by Gasteiger charge is -2.38. The van der Waals surface area contributed by atoms with E-state index in [-0.39, 0.29) is 43.8 Å². The van der Waals surface area contributed by atoms with Gasteiger partial charge >= 0.3 is 18.0 Å². The molecule has 3 aliphatic heterocycles. The minimum absolute atomic E-state index is 0.00529. The van der Waals surface area contributed by atoms with Gasteiger partial charge in [0.15, 0.2) is 0 Å². The maximum Gasteiger partial charge on any atom is 0.410 e. The highest BCUT2D eigenvalue weighted by Gasteiger charge is 2.36. The Morgan fingerprint density at radius 2 is 1.66 bits per heavy atom. The van der Waals surface area contributed by atoms with Crippen LogP contribution in [0.25, 0.3) is 0 Å². The Hall–Kier alpha value is -2.69. The first-order chi connectivity index (χ1) is 19.9. The summed E-state index contributed by atoms with van der Waals surface area (Å²) in [6.45, 7) is 12.2. The third-order valence-electron chi connectivity index (χ3n) is 8.48. The highest BCUT2D eigenvalue weighted by molar-refractivity contribution is 5.82. The number of hydrogen-bond acceptors (Lipinski definition) is 9. The molecule has 2 atom stereocenters. The van der Waals surface area contributed by atoms with Crippen LogP contribution < -0.4 is 0 Å². The number of carbonyl (C=O) groups excluding carboxylic acids is 3. The van der Waals surface area contributed by atoms with E-state index in [9.17, 15) is 14.4 Å². The van der Waals surface area contributed by atoms with Crippen molar-refractivity contribution in [1.29, 1.82) is 0 Å². The molecular formula is C31H48N4O6. The van der Waals surface area contributed by atoms with Gasteiger partial charge in [-0.25, -0.2) is 4.79 Å². The maximum absolute atomic E-state index is 12.5. The van der Waals surface area contributed by atoms with Crippen LogP contribution in [0.4, 0.5) is 4.79 Å². The molecule has 41 heavy (non-hydrogen) atoms. The van der Waals surface area contributed by atoms with Gasteiger partial charge in [0.05, 0.1) is 26.2 Å². The number of likely N-dealkylation sites (tertiary alicyclic amines) is 1. The monoisotopic (exact) mass is 572 g/mol. The fraction of sp³-hybridized carbons (Fsp3) is 0.710. The van der Waals surface area contributed by atoms with Gasteiger partial charge < -0.3 is 19.1 Å². The Morgan fingerprint density at radius 1 is 0.951 bits per heavy atom. The number of piperazine rings is 1. The second-order valence-corrected chi connectivity index (χ2v) is 11.4. The Balaban J connectivity index is 1.12. The van der Waals surface area contributed by atoms with E-state index in [0.29, 0.717) is 26.2 Å². The van der Waals surface area contributed by atoms with Crippen LogP contribution in [0.3, 0.4) is 0 Å². The predicted molar refractivity (Wildman–Crippen MR) is 155 cm³/mol. The van der Waals surface area contributed by atoms with Gasteiger partial charge in [0.1, 0.15) is 12.1 Å². The van der Waals surface area contributed by atoms with Gasteiger partial charge in [-0.15, -0.1) is 0 Å². The first-order valence-corrected chi connectivity index (χ1v) is 15.5. The van der Waals surface area contributed by atoms with Gasteiger partial charge in [0.2, 0.25) is 0 Å². The van der Waals surface area contributed by atoms with Crippen molar-refractivity contribution in [1.82, 2.24) is 19.6 Å². The van der Waals surface area contributed by atoms with Gasteiger partial charge in [-0.1, -0.05) is 30.3 Å². The maximum atomic E-state index is 12.5. The summed E-state index contributed by atoms with van der Waals surface area (Å²) in [4.78, 5) is 45.8. The van der Waals surface area contributed by atoms with E-state index in [1.54, 1.807) is 13.8 Å². The molecule has 10 heteroatoms. The molecule has 0 aromatic heterocycles. The van der Waals surface area contributed by atoms with E-state index in [1.807, 2.05) is 9.80 Å². The summed E-state index contributed by atoms with van der Waals surface area (Å²) in [5, 5.41) is 0. The highest BCUT2D eigenvalue weighted by Crippen LogP contribution is 2.24. The molecule has 228 valence electrons. The number of benzene rings is 1. The Morgan fingerprint density at radius 3 is 2.34 bits per heavy atom. The van der Waals surface area contributed by atoms with Crippen LogP contribution in [0.1, 0.15) is 51.5 Å². The topological polar surface area (TPSA) is 91.9 Å². The Kier molecular flexibility index (Phi) is 12.3. The lowest BCUT2D eigenvalue weighted by Crippen LogP contribution is -2.54. The number of hydrogen-bond donors (Lipinski definition) is 0. The second-order valence-electron chi connectivity index (χ2n) is 11.4.